The quantitative estimate of drug-likeness (QED) is 0.306. The number of piperidine rings is 1. The Morgan fingerprint density at radius 1 is 1.12 bits per heavy atom. The maximum atomic E-state index is 14.7. The molecule has 0 bridgehead atoms. The second-order valence-corrected chi connectivity index (χ2v) is 14.5. The SMILES string of the molecule is CC[C@@H](CN(C)S(=O)(=O)C1CC1)N1C(=O)[C@@](C)(C(C)C(=O)OC)CC(c2cccc(Cl)c2)C1c1ccc(Cl)cc1. The number of amides is 1. The van der Waals surface area contributed by atoms with Crippen molar-refractivity contribution in [3.05, 3.63) is 69.7 Å². The van der Waals surface area contributed by atoms with Crippen LogP contribution in [0.4, 0.5) is 0 Å². The number of carbonyl (C=O) groups excluding carboxylic acids is 2. The van der Waals surface area contributed by atoms with Crippen molar-refractivity contribution in [2.45, 2.75) is 69.7 Å². The van der Waals surface area contributed by atoms with Gasteiger partial charge in [0.2, 0.25) is 15.9 Å². The number of esters is 1. The van der Waals surface area contributed by atoms with Crippen molar-refractivity contribution in [3.8, 4) is 0 Å². The number of likely N-dealkylation sites (tertiary alicyclic amines) is 1. The van der Waals surface area contributed by atoms with Gasteiger partial charge in [0.25, 0.3) is 0 Å². The summed E-state index contributed by atoms with van der Waals surface area (Å²) in [6.07, 6.45) is 2.21. The van der Waals surface area contributed by atoms with Gasteiger partial charge in [-0.25, -0.2) is 12.7 Å². The average molecular weight is 610 g/mol. The highest BCUT2D eigenvalue weighted by Crippen LogP contribution is 2.53. The summed E-state index contributed by atoms with van der Waals surface area (Å²) in [5, 5.41) is 0.784. The minimum absolute atomic E-state index is 0.149. The number of ether oxygens (including phenoxy) is 1. The number of benzene rings is 2. The highest BCUT2D eigenvalue weighted by atomic mass is 35.5. The van der Waals surface area contributed by atoms with Crippen LogP contribution in [0.2, 0.25) is 10.0 Å². The van der Waals surface area contributed by atoms with Gasteiger partial charge in [-0.15, -0.1) is 0 Å². The second-order valence-electron chi connectivity index (χ2n) is 11.3. The third kappa shape index (κ3) is 5.91. The summed E-state index contributed by atoms with van der Waals surface area (Å²) in [6, 6.07) is 14.1. The molecule has 1 aliphatic heterocycles. The van der Waals surface area contributed by atoms with Crippen LogP contribution in [0.25, 0.3) is 0 Å². The molecule has 40 heavy (non-hydrogen) atoms. The Kier molecular flexibility index (Phi) is 9.25. The van der Waals surface area contributed by atoms with E-state index in [1.165, 1.54) is 11.4 Å². The van der Waals surface area contributed by atoms with E-state index in [2.05, 4.69) is 0 Å². The van der Waals surface area contributed by atoms with Crippen LogP contribution in [0.1, 0.15) is 69.5 Å². The first-order chi connectivity index (χ1) is 18.8. The van der Waals surface area contributed by atoms with Gasteiger partial charge in [-0.3, -0.25) is 9.59 Å². The molecule has 10 heteroatoms. The smallest absolute Gasteiger partial charge is 0.309 e. The molecule has 2 aromatic rings. The molecule has 0 aromatic heterocycles. The number of halogens is 2. The van der Waals surface area contributed by atoms with E-state index < -0.39 is 39.4 Å². The molecule has 0 spiro atoms. The van der Waals surface area contributed by atoms with E-state index in [1.807, 2.05) is 49.1 Å². The van der Waals surface area contributed by atoms with Crippen molar-refractivity contribution in [2.75, 3.05) is 20.7 Å². The Hall–Kier alpha value is -2.13. The molecule has 1 heterocycles. The Bertz CT molecular complexity index is 1350. The van der Waals surface area contributed by atoms with Gasteiger partial charge >= 0.3 is 5.97 Å². The highest BCUT2D eigenvalue weighted by molar-refractivity contribution is 7.90. The number of likely N-dealkylation sites (N-methyl/N-ethyl adjacent to an activating group) is 1. The van der Waals surface area contributed by atoms with Crippen molar-refractivity contribution in [1.29, 1.82) is 0 Å². The van der Waals surface area contributed by atoms with Gasteiger partial charge in [0.05, 0.1) is 29.7 Å². The molecule has 218 valence electrons. The molecule has 0 N–H and O–H groups in total. The molecule has 2 aliphatic rings. The maximum absolute atomic E-state index is 14.7. The van der Waals surface area contributed by atoms with Gasteiger partial charge < -0.3 is 9.64 Å². The first-order valence-electron chi connectivity index (χ1n) is 13.7. The van der Waals surface area contributed by atoms with Gasteiger partial charge in [-0.05, 0) is 68.0 Å². The zero-order valence-electron chi connectivity index (χ0n) is 23.6. The summed E-state index contributed by atoms with van der Waals surface area (Å²) in [5.41, 5.74) is 0.702. The molecule has 7 nitrogen and oxygen atoms in total. The van der Waals surface area contributed by atoms with Crippen molar-refractivity contribution in [3.63, 3.8) is 0 Å². The topological polar surface area (TPSA) is 84.0 Å². The van der Waals surface area contributed by atoms with E-state index in [1.54, 1.807) is 32.2 Å². The maximum Gasteiger partial charge on any atom is 0.309 e. The van der Waals surface area contributed by atoms with Crippen LogP contribution in [0.5, 0.6) is 0 Å². The Morgan fingerprint density at radius 2 is 1.77 bits per heavy atom. The Labute approximate surface area is 247 Å². The van der Waals surface area contributed by atoms with E-state index in [-0.39, 0.29) is 23.6 Å². The molecular formula is C30H38Cl2N2O5S. The van der Waals surface area contributed by atoms with Crippen molar-refractivity contribution < 1.29 is 22.7 Å². The standard InChI is InChI=1S/C30H38Cl2N2O5S/c1-6-24(18-33(4)40(37,38)25-14-15-25)34-27(20-10-12-22(31)13-11-20)26(21-8-7-9-23(32)16-21)17-30(3,29(34)36)19(2)28(35)39-5/h7-13,16,19,24-27H,6,14-15,17-18H2,1-5H3/t19?,24-,26?,27?,30+/m0/s1. The zero-order chi connectivity index (χ0) is 29.4. The predicted octanol–water partition coefficient (Wildman–Crippen LogP) is 6.07. The van der Waals surface area contributed by atoms with E-state index in [4.69, 9.17) is 27.9 Å². The number of hydrogen-bond acceptors (Lipinski definition) is 5. The van der Waals surface area contributed by atoms with Crippen LogP contribution in [-0.2, 0) is 24.3 Å². The monoisotopic (exact) mass is 608 g/mol. The highest BCUT2D eigenvalue weighted by Gasteiger charge is 2.55. The number of hydrogen-bond donors (Lipinski definition) is 0. The third-order valence-corrected chi connectivity index (χ3v) is 11.6. The van der Waals surface area contributed by atoms with Gasteiger partial charge in [-0.2, -0.15) is 0 Å². The fraction of sp³-hybridized carbons (Fsp3) is 0.533. The molecule has 3 unspecified atom stereocenters. The lowest BCUT2D eigenvalue weighted by Crippen LogP contribution is -2.60. The Morgan fingerprint density at radius 3 is 2.33 bits per heavy atom. The normalized spacial score (nSPS) is 25.1. The molecule has 4 rings (SSSR count). The zero-order valence-corrected chi connectivity index (χ0v) is 26.0. The van der Waals surface area contributed by atoms with E-state index in [0.29, 0.717) is 35.7 Å². The third-order valence-electron chi connectivity index (χ3n) is 8.76. The van der Waals surface area contributed by atoms with Gasteiger partial charge in [0.1, 0.15) is 0 Å². The summed E-state index contributed by atoms with van der Waals surface area (Å²) >= 11 is 12.7. The molecule has 2 aromatic carbocycles. The van der Waals surface area contributed by atoms with E-state index in [0.717, 1.165) is 11.1 Å². The molecule has 1 aliphatic carbocycles. The lowest BCUT2D eigenvalue weighted by Gasteiger charge is -2.53. The van der Waals surface area contributed by atoms with Crippen LogP contribution >= 0.6 is 23.2 Å². The van der Waals surface area contributed by atoms with Crippen molar-refractivity contribution in [2.24, 2.45) is 11.3 Å². The van der Waals surface area contributed by atoms with Crippen LogP contribution in [0.3, 0.4) is 0 Å². The number of carbonyl (C=O) groups is 2. The number of methoxy groups -OCH3 is 1. The summed E-state index contributed by atoms with van der Waals surface area (Å²) in [7, 11) is -0.548. The summed E-state index contributed by atoms with van der Waals surface area (Å²) in [4.78, 5) is 29.4. The largest absolute Gasteiger partial charge is 0.469 e. The van der Waals surface area contributed by atoms with Gasteiger partial charge in [0, 0.05) is 35.6 Å². The fourth-order valence-corrected chi connectivity index (χ4v) is 7.93. The van der Waals surface area contributed by atoms with Gasteiger partial charge in [0.15, 0.2) is 0 Å². The van der Waals surface area contributed by atoms with Crippen molar-refractivity contribution >= 4 is 45.1 Å². The molecular weight excluding hydrogens is 571 g/mol. The first kappa shape index (κ1) is 30.8. The lowest BCUT2D eigenvalue weighted by molar-refractivity contribution is -0.168. The van der Waals surface area contributed by atoms with Crippen LogP contribution in [0.15, 0.2) is 48.5 Å². The average Bonchev–Trinajstić information content (AvgIpc) is 3.79. The molecule has 1 saturated heterocycles. The summed E-state index contributed by atoms with van der Waals surface area (Å²) < 4.78 is 32.7. The number of nitrogens with zero attached hydrogens (tertiary/aromatic N) is 2. The van der Waals surface area contributed by atoms with E-state index >= 15 is 0 Å². The molecule has 2 fully saturated rings. The molecule has 0 radical (unpaired) electrons. The summed E-state index contributed by atoms with van der Waals surface area (Å²) in [6.45, 7) is 5.65. The predicted molar refractivity (Wildman–Crippen MR) is 158 cm³/mol. The lowest BCUT2D eigenvalue weighted by atomic mass is 9.63. The molecule has 1 saturated carbocycles. The van der Waals surface area contributed by atoms with Crippen molar-refractivity contribution in [1.82, 2.24) is 9.21 Å². The van der Waals surface area contributed by atoms with Crippen LogP contribution in [0, 0.1) is 11.3 Å². The van der Waals surface area contributed by atoms with Gasteiger partial charge in [-0.1, -0.05) is 61.3 Å². The van der Waals surface area contributed by atoms with E-state index in [9.17, 15) is 18.0 Å². The fourth-order valence-electron chi connectivity index (χ4n) is 5.99. The minimum atomic E-state index is -3.46. The number of sulfonamides is 1. The second kappa shape index (κ2) is 12.0. The minimum Gasteiger partial charge on any atom is -0.469 e. The van der Waals surface area contributed by atoms with Crippen LogP contribution < -0.4 is 0 Å². The number of rotatable bonds is 10. The molecule has 5 atom stereocenters. The van der Waals surface area contributed by atoms with Crippen LogP contribution in [-0.4, -0.2) is 61.5 Å². The summed E-state index contributed by atoms with van der Waals surface area (Å²) in [5.74, 6) is -1.64. The first-order valence-corrected chi connectivity index (χ1v) is 16.0. The Balaban J connectivity index is 1.89. The molecule has 1 amide bonds.